The summed E-state index contributed by atoms with van der Waals surface area (Å²) in [6, 6.07) is 3.77. The number of aryl methyl sites for hydroxylation is 2. The second kappa shape index (κ2) is 13.0. The Morgan fingerprint density at radius 1 is 1.26 bits per heavy atom. The van der Waals surface area contributed by atoms with Crippen molar-refractivity contribution in [2.24, 2.45) is 7.05 Å². The summed E-state index contributed by atoms with van der Waals surface area (Å²) in [5.41, 5.74) is 1.39. The molecule has 0 bridgehead atoms. The summed E-state index contributed by atoms with van der Waals surface area (Å²) in [4.78, 5) is 31.3. The van der Waals surface area contributed by atoms with E-state index in [1.54, 1.807) is 14.0 Å². The van der Waals surface area contributed by atoms with Gasteiger partial charge in [-0.2, -0.15) is 5.10 Å². The zero-order chi connectivity index (χ0) is 27.9. The number of carbonyl (C=O) groups excluding carboxylic acids is 1. The van der Waals surface area contributed by atoms with Gasteiger partial charge in [-0.1, -0.05) is 13.3 Å². The molecule has 12 nitrogen and oxygen atoms in total. The third-order valence-electron chi connectivity index (χ3n) is 5.87. The normalized spacial score (nSPS) is 12.6. The molecule has 3 N–H and O–H groups in total. The SMILES string of the molecule is CCCc1nn(C)c2c(=O)[nH]c(-c3cc(S(=O)(=O)NC(CCO)CCCOC(C)=O)ccc3OCC)nc12. The number of carbonyl (C=O) groups is 1. The van der Waals surface area contributed by atoms with Crippen LogP contribution in [0.5, 0.6) is 5.75 Å². The lowest BCUT2D eigenvalue weighted by Gasteiger charge is -2.19. The largest absolute Gasteiger partial charge is 0.493 e. The lowest BCUT2D eigenvalue weighted by Crippen LogP contribution is -2.35. The van der Waals surface area contributed by atoms with Crippen LogP contribution in [-0.2, 0) is 33.0 Å². The molecule has 1 atom stereocenters. The number of aromatic nitrogens is 4. The summed E-state index contributed by atoms with van der Waals surface area (Å²) in [6.45, 7) is 5.36. The monoisotopic (exact) mass is 549 g/mol. The number of hydrogen-bond acceptors (Lipinski definition) is 9. The molecule has 208 valence electrons. The Hall–Kier alpha value is -3.29. The van der Waals surface area contributed by atoms with Crippen molar-refractivity contribution in [3.8, 4) is 17.1 Å². The summed E-state index contributed by atoms with van der Waals surface area (Å²) in [7, 11) is -2.35. The van der Waals surface area contributed by atoms with Crippen LogP contribution in [0.3, 0.4) is 0 Å². The Labute approximate surface area is 221 Å². The quantitative estimate of drug-likeness (QED) is 0.201. The van der Waals surface area contributed by atoms with E-state index in [0.29, 0.717) is 53.9 Å². The fourth-order valence-electron chi connectivity index (χ4n) is 4.17. The summed E-state index contributed by atoms with van der Waals surface area (Å²) in [5.74, 6) is 0.119. The van der Waals surface area contributed by atoms with Gasteiger partial charge in [-0.05, 0) is 50.8 Å². The molecule has 0 saturated carbocycles. The van der Waals surface area contributed by atoms with Crippen molar-refractivity contribution in [1.29, 1.82) is 0 Å². The van der Waals surface area contributed by atoms with Crippen LogP contribution in [0.25, 0.3) is 22.4 Å². The zero-order valence-corrected chi connectivity index (χ0v) is 22.9. The topological polar surface area (TPSA) is 166 Å². The number of aliphatic hydroxyl groups excluding tert-OH is 1. The average molecular weight is 550 g/mol. The van der Waals surface area contributed by atoms with E-state index in [2.05, 4.69) is 19.8 Å². The minimum atomic E-state index is -4.02. The van der Waals surface area contributed by atoms with E-state index in [4.69, 9.17) is 9.47 Å². The van der Waals surface area contributed by atoms with Crippen LogP contribution in [0.1, 0.15) is 52.1 Å². The molecule has 1 aromatic carbocycles. The molecule has 3 rings (SSSR count). The van der Waals surface area contributed by atoms with E-state index in [0.717, 1.165) is 6.42 Å². The molecular weight excluding hydrogens is 514 g/mol. The number of benzene rings is 1. The van der Waals surface area contributed by atoms with Crippen LogP contribution in [-0.4, -0.2) is 65.1 Å². The van der Waals surface area contributed by atoms with Crippen molar-refractivity contribution in [3.63, 3.8) is 0 Å². The maximum atomic E-state index is 13.3. The number of H-pyrrole nitrogens is 1. The third kappa shape index (κ3) is 6.97. The van der Waals surface area contributed by atoms with Crippen LogP contribution in [0, 0.1) is 0 Å². The predicted molar refractivity (Wildman–Crippen MR) is 141 cm³/mol. The molecule has 0 fully saturated rings. The number of nitrogens with one attached hydrogen (secondary N) is 2. The highest BCUT2D eigenvalue weighted by molar-refractivity contribution is 7.89. The molecule has 0 aliphatic heterocycles. The standard InChI is InChI=1S/C25H35N5O7S/c1-5-8-20-22-23(30(4)28-20)25(33)27-24(26-22)19-15-18(10-11-21(19)36-6-2)38(34,35)29-17(12-13-31)9-7-14-37-16(3)32/h10-11,15,17,29,31H,5-9,12-14H2,1-4H3,(H,26,27,33). The minimum absolute atomic E-state index is 0.0541. The minimum Gasteiger partial charge on any atom is -0.493 e. The van der Waals surface area contributed by atoms with Crippen molar-refractivity contribution in [3.05, 3.63) is 34.2 Å². The molecule has 1 unspecified atom stereocenters. The average Bonchev–Trinajstić information content (AvgIpc) is 3.17. The summed E-state index contributed by atoms with van der Waals surface area (Å²) in [5, 5.41) is 13.9. The van der Waals surface area contributed by atoms with Crippen LogP contribution in [0.4, 0.5) is 0 Å². The van der Waals surface area contributed by atoms with Gasteiger partial charge >= 0.3 is 5.97 Å². The van der Waals surface area contributed by atoms with Crippen LogP contribution in [0.2, 0.25) is 0 Å². The van der Waals surface area contributed by atoms with Crippen molar-refractivity contribution in [2.75, 3.05) is 19.8 Å². The molecule has 13 heteroatoms. The van der Waals surface area contributed by atoms with E-state index in [1.807, 2.05) is 6.92 Å². The molecule has 0 amide bonds. The Kier molecular flexibility index (Phi) is 10.00. The number of fused-ring (bicyclic) bond motifs is 1. The Balaban J connectivity index is 2.00. The fraction of sp³-hybridized carbons (Fsp3) is 0.520. The van der Waals surface area contributed by atoms with E-state index < -0.39 is 27.6 Å². The van der Waals surface area contributed by atoms with Crippen molar-refractivity contribution >= 4 is 27.0 Å². The summed E-state index contributed by atoms with van der Waals surface area (Å²) >= 11 is 0. The van der Waals surface area contributed by atoms with Crippen molar-refractivity contribution in [2.45, 2.75) is 63.8 Å². The first-order valence-corrected chi connectivity index (χ1v) is 14.1. The number of ether oxygens (including phenoxy) is 2. The van der Waals surface area contributed by atoms with Gasteiger partial charge in [-0.15, -0.1) is 0 Å². The van der Waals surface area contributed by atoms with Crippen LogP contribution < -0.4 is 15.0 Å². The highest BCUT2D eigenvalue weighted by atomic mass is 32.2. The van der Waals surface area contributed by atoms with Crippen molar-refractivity contribution < 1.29 is 27.8 Å². The predicted octanol–water partition coefficient (Wildman–Crippen LogP) is 2.05. The second-order valence-electron chi connectivity index (χ2n) is 8.84. The van der Waals surface area contributed by atoms with Gasteiger partial charge in [-0.25, -0.2) is 18.1 Å². The molecular formula is C25H35N5O7S. The Morgan fingerprint density at radius 3 is 2.68 bits per heavy atom. The van der Waals surface area contributed by atoms with Gasteiger partial charge in [0, 0.05) is 26.6 Å². The highest BCUT2D eigenvalue weighted by Crippen LogP contribution is 2.31. The van der Waals surface area contributed by atoms with Gasteiger partial charge in [-0.3, -0.25) is 14.3 Å². The first-order chi connectivity index (χ1) is 18.1. The van der Waals surface area contributed by atoms with E-state index in [9.17, 15) is 23.1 Å². The molecule has 2 heterocycles. The maximum Gasteiger partial charge on any atom is 0.302 e. The van der Waals surface area contributed by atoms with Gasteiger partial charge in [0.1, 0.15) is 17.1 Å². The number of sulfonamides is 1. The lowest BCUT2D eigenvalue weighted by molar-refractivity contribution is -0.141. The van der Waals surface area contributed by atoms with Gasteiger partial charge in [0.15, 0.2) is 5.52 Å². The number of hydrogen-bond donors (Lipinski definition) is 3. The van der Waals surface area contributed by atoms with E-state index in [1.165, 1.54) is 29.8 Å². The van der Waals surface area contributed by atoms with Gasteiger partial charge in [0.05, 0.1) is 29.4 Å². The van der Waals surface area contributed by atoms with E-state index in [-0.39, 0.29) is 30.4 Å². The first-order valence-electron chi connectivity index (χ1n) is 12.6. The highest BCUT2D eigenvalue weighted by Gasteiger charge is 2.23. The number of rotatable bonds is 14. The molecule has 2 aromatic heterocycles. The lowest BCUT2D eigenvalue weighted by atomic mass is 10.1. The van der Waals surface area contributed by atoms with Crippen molar-refractivity contribution in [1.82, 2.24) is 24.5 Å². The molecule has 0 aliphatic rings. The maximum absolute atomic E-state index is 13.3. The fourth-order valence-corrected chi connectivity index (χ4v) is 5.50. The third-order valence-corrected chi connectivity index (χ3v) is 7.39. The van der Waals surface area contributed by atoms with Gasteiger partial charge < -0.3 is 19.6 Å². The summed E-state index contributed by atoms with van der Waals surface area (Å²) < 4.78 is 41.4. The molecule has 3 aromatic rings. The number of nitrogens with zero attached hydrogens (tertiary/aromatic N) is 3. The zero-order valence-electron chi connectivity index (χ0n) is 22.1. The molecule has 0 spiro atoms. The van der Waals surface area contributed by atoms with Crippen LogP contribution >= 0.6 is 0 Å². The second-order valence-corrected chi connectivity index (χ2v) is 10.5. The smallest absolute Gasteiger partial charge is 0.302 e. The van der Waals surface area contributed by atoms with E-state index >= 15 is 0 Å². The number of esters is 1. The first kappa shape index (κ1) is 29.3. The molecule has 0 saturated heterocycles. The van der Waals surface area contributed by atoms with Crippen LogP contribution in [0.15, 0.2) is 27.9 Å². The molecule has 38 heavy (non-hydrogen) atoms. The summed E-state index contributed by atoms with van der Waals surface area (Å²) in [6.07, 6.45) is 2.43. The number of aromatic amines is 1. The Morgan fingerprint density at radius 2 is 2.03 bits per heavy atom. The number of aliphatic hydroxyl groups is 1. The molecule has 0 radical (unpaired) electrons. The molecule has 0 aliphatic carbocycles. The van der Waals surface area contributed by atoms with Gasteiger partial charge in [0.25, 0.3) is 5.56 Å². The Bertz CT molecular complexity index is 1430. The van der Waals surface area contributed by atoms with Gasteiger partial charge in [0.2, 0.25) is 10.0 Å².